The number of aromatic nitrogens is 1. The van der Waals surface area contributed by atoms with E-state index in [1.54, 1.807) is 26.4 Å². The monoisotopic (exact) mass is 269 g/mol. The molecule has 1 aromatic heterocycles. The molecule has 2 rings (SSSR count). The van der Waals surface area contributed by atoms with Crippen LogP contribution in [0.25, 0.3) is 0 Å². The molecule has 1 heterocycles. The fraction of sp³-hybridized carbons (Fsp3) is 0.250. The minimum absolute atomic E-state index is 0.0393. The third-order valence-corrected chi connectivity index (χ3v) is 3.01. The highest BCUT2D eigenvalue weighted by atomic mass is 16.2. The lowest BCUT2D eigenvalue weighted by molar-refractivity contribution is 0.0827. The zero-order chi connectivity index (χ0) is 14.5. The minimum atomic E-state index is -0.0393. The molecule has 1 amide bonds. The van der Waals surface area contributed by atoms with E-state index in [0.717, 1.165) is 5.82 Å². The fourth-order valence-corrected chi connectivity index (χ4v) is 1.78. The molecule has 0 atom stereocenters. The summed E-state index contributed by atoms with van der Waals surface area (Å²) in [6.07, 6.45) is 1.60. The number of hydrogen-bond donors (Lipinski definition) is 1. The Hall–Kier alpha value is -2.36. The fourth-order valence-electron chi connectivity index (χ4n) is 1.78. The Morgan fingerprint density at radius 2 is 1.85 bits per heavy atom. The number of carbonyl (C=O) groups is 1. The molecule has 0 unspecified atom stereocenters. The van der Waals surface area contributed by atoms with Crippen LogP contribution in [0.15, 0.2) is 42.6 Å². The third-order valence-electron chi connectivity index (χ3n) is 3.01. The van der Waals surface area contributed by atoms with Gasteiger partial charge in [-0.3, -0.25) is 4.79 Å². The van der Waals surface area contributed by atoms with Crippen LogP contribution >= 0.6 is 0 Å². The second kappa shape index (κ2) is 6.19. The van der Waals surface area contributed by atoms with E-state index in [1.807, 2.05) is 6.07 Å². The molecule has 0 saturated heterocycles. The number of amides is 1. The first kappa shape index (κ1) is 14.1. The smallest absolute Gasteiger partial charge is 0.254 e. The Labute approximate surface area is 119 Å². The Morgan fingerprint density at radius 3 is 2.40 bits per heavy atom. The first-order chi connectivity index (χ1) is 9.56. The van der Waals surface area contributed by atoms with Crippen LogP contribution in [0.1, 0.15) is 21.5 Å². The number of nitrogens with zero attached hydrogens (tertiary/aromatic N) is 2. The molecule has 0 saturated carbocycles. The first-order valence-corrected chi connectivity index (χ1v) is 6.53. The molecule has 1 aromatic carbocycles. The normalized spacial score (nSPS) is 10.2. The van der Waals surface area contributed by atoms with E-state index in [2.05, 4.69) is 41.5 Å². The van der Waals surface area contributed by atoms with Crippen LogP contribution in [0.2, 0.25) is 0 Å². The summed E-state index contributed by atoms with van der Waals surface area (Å²) in [5.41, 5.74) is 3.04. The van der Waals surface area contributed by atoms with Gasteiger partial charge in [0, 0.05) is 26.8 Å². The van der Waals surface area contributed by atoms with E-state index in [1.165, 1.54) is 16.0 Å². The maximum Gasteiger partial charge on any atom is 0.254 e. The summed E-state index contributed by atoms with van der Waals surface area (Å²) in [5.74, 6) is 0.725. The molecule has 0 radical (unpaired) electrons. The van der Waals surface area contributed by atoms with Gasteiger partial charge in [-0.2, -0.15) is 0 Å². The summed E-state index contributed by atoms with van der Waals surface area (Å²) in [6.45, 7) is 2.79. The van der Waals surface area contributed by atoms with Gasteiger partial charge < -0.3 is 10.2 Å². The van der Waals surface area contributed by atoms with Gasteiger partial charge in [-0.1, -0.05) is 29.8 Å². The molecule has 20 heavy (non-hydrogen) atoms. The summed E-state index contributed by atoms with van der Waals surface area (Å²) in [6, 6.07) is 12.0. The Balaban J connectivity index is 1.97. The van der Waals surface area contributed by atoms with Gasteiger partial charge in [0.15, 0.2) is 0 Å². The lowest BCUT2D eigenvalue weighted by atomic mass is 10.1. The van der Waals surface area contributed by atoms with E-state index in [4.69, 9.17) is 0 Å². The lowest BCUT2D eigenvalue weighted by Gasteiger charge is -2.10. The minimum Gasteiger partial charge on any atom is -0.366 e. The van der Waals surface area contributed by atoms with Crippen molar-refractivity contribution in [1.82, 2.24) is 9.88 Å². The van der Waals surface area contributed by atoms with Gasteiger partial charge in [-0.15, -0.1) is 0 Å². The zero-order valence-corrected chi connectivity index (χ0v) is 12.1. The average Bonchev–Trinajstić information content (AvgIpc) is 2.46. The number of carbonyl (C=O) groups excluding carboxylic acids is 1. The number of anilines is 1. The van der Waals surface area contributed by atoms with Crippen molar-refractivity contribution < 1.29 is 4.79 Å². The van der Waals surface area contributed by atoms with Gasteiger partial charge in [-0.25, -0.2) is 4.98 Å². The molecule has 0 aliphatic carbocycles. The topological polar surface area (TPSA) is 45.2 Å². The van der Waals surface area contributed by atoms with E-state index >= 15 is 0 Å². The summed E-state index contributed by atoms with van der Waals surface area (Å²) in [4.78, 5) is 17.5. The number of benzene rings is 1. The van der Waals surface area contributed by atoms with E-state index in [0.29, 0.717) is 12.1 Å². The van der Waals surface area contributed by atoms with Gasteiger partial charge in [0.25, 0.3) is 5.91 Å². The van der Waals surface area contributed by atoms with Gasteiger partial charge in [-0.05, 0) is 24.6 Å². The van der Waals surface area contributed by atoms with Crippen molar-refractivity contribution in [3.63, 3.8) is 0 Å². The predicted molar refractivity (Wildman–Crippen MR) is 80.8 cm³/mol. The van der Waals surface area contributed by atoms with Crippen molar-refractivity contribution in [2.24, 2.45) is 0 Å². The van der Waals surface area contributed by atoms with Crippen LogP contribution in [0.4, 0.5) is 5.82 Å². The number of rotatable bonds is 4. The summed E-state index contributed by atoms with van der Waals surface area (Å²) in [5, 5.41) is 3.24. The van der Waals surface area contributed by atoms with Crippen molar-refractivity contribution in [1.29, 1.82) is 0 Å². The van der Waals surface area contributed by atoms with E-state index < -0.39 is 0 Å². The standard InChI is InChI=1S/C16H19N3O/c1-12-4-6-13(7-5-12)10-17-15-9-8-14(11-18-15)16(20)19(2)3/h4-9,11H,10H2,1-3H3,(H,17,18). The van der Waals surface area contributed by atoms with Crippen molar-refractivity contribution in [2.45, 2.75) is 13.5 Å². The number of pyridine rings is 1. The van der Waals surface area contributed by atoms with Crippen molar-refractivity contribution >= 4 is 11.7 Å². The van der Waals surface area contributed by atoms with Crippen LogP contribution in [-0.4, -0.2) is 29.9 Å². The molecular formula is C16H19N3O. The molecule has 104 valence electrons. The molecule has 0 bridgehead atoms. The summed E-state index contributed by atoms with van der Waals surface area (Å²) in [7, 11) is 3.46. The van der Waals surface area contributed by atoms with E-state index in [9.17, 15) is 4.79 Å². The van der Waals surface area contributed by atoms with Crippen LogP contribution in [0.3, 0.4) is 0 Å². The maximum atomic E-state index is 11.7. The molecule has 4 heteroatoms. The Bertz CT molecular complexity index is 574. The predicted octanol–water partition coefficient (Wildman–Crippen LogP) is 2.70. The highest BCUT2D eigenvalue weighted by Gasteiger charge is 2.07. The molecule has 0 aliphatic heterocycles. The first-order valence-electron chi connectivity index (χ1n) is 6.53. The van der Waals surface area contributed by atoms with Crippen LogP contribution in [-0.2, 0) is 6.54 Å². The quantitative estimate of drug-likeness (QED) is 0.928. The molecule has 4 nitrogen and oxygen atoms in total. The molecule has 1 N–H and O–H groups in total. The average molecular weight is 269 g/mol. The van der Waals surface area contributed by atoms with Gasteiger partial charge >= 0.3 is 0 Å². The molecule has 0 aliphatic rings. The van der Waals surface area contributed by atoms with Crippen LogP contribution in [0.5, 0.6) is 0 Å². The van der Waals surface area contributed by atoms with Crippen molar-refractivity contribution in [3.05, 3.63) is 59.3 Å². The molecule has 0 spiro atoms. The SMILES string of the molecule is Cc1ccc(CNc2ccc(C(=O)N(C)C)cn2)cc1. The highest BCUT2D eigenvalue weighted by Crippen LogP contribution is 2.09. The van der Waals surface area contributed by atoms with Gasteiger partial charge in [0.1, 0.15) is 5.82 Å². The Morgan fingerprint density at radius 1 is 1.15 bits per heavy atom. The van der Waals surface area contributed by atoms with Crippen LogP contribution < -0.4 is 5.32 Å². The van der Waals surface area contributed by atoms with Crippen molar-refractivity contribution in [2.75, 3.05) is 19.4 Å². The number of hydrogen-bond acceptors (Lipinski definition) is 3. The van der Waals surface area contributed by atoms with Gasteiger partial charge in [0.2, 0.25) is 0 Å². The largest absolute Gasteiger partial charge is 0.366 e. The maximum absolute atomic E-state index is 11.7. The second-order valence-electron chi connectivity index (χ2n) is 4.97. The third kappa shape index (κ3) is 3.57. The van der Waals surface area contributed by atoms with Gasteiger partial charge in [0.05, 0.1) is 5.56 Å². The molecule has 2 aromatic rings. The molecular weight excluding hydrogens is 250 g/mol. The second-order valence-corrected chi connectivity index (χ2v) is 4.97. The Kier molecular flexibility index (Phi) is 4.35. The summed E-state index contributed by atoms with van der Waals surface area (Å²) < 4.78 is 0. The van der Waals surface area contributed by atoms with Crippen molar-refractivity contribution in [3.8, 4) is 0 Å². The zero-order valence-electron chi connectivity index (χ0n) is 12.1. The van der Waals surface area contributed by atoms with Crippen LogP contribution in [0, 0.1) is 6.92 Å². The lowest BCUT2D eigenvalue weighted by Crippen LogP contribution is -2.21. The van der Waals surface area contributed by atoms with E-state index in [-0.39, 0.29) is 5.91 Å². The highest BCUT2D eigenvalue weighted by molar-refractivity contribution is 5.93. The summed E-state index contributed by atoms with van der Waals surface area (Å²) >= 11 is 0. The number of aryl methyl sites for hydroxylation is 1. The molecule has 0 fully saturated rings. The number of nitrogens with one attached hydrogen (secondary N) is 1.